The molecule has 2 fully saturated rings. The summed E-state index contributed by atoms with van der Waals surface area (Å²) in [5.74, 6) is 0.656. The second kappa shape index (κ2) is 6.57. The zero-order valence-corrected chi connectivity index (χ0v) is 14.2. The number of rotatable bonds is 4. The molecule has 2 aromatic rings. The summed E-state index contributed by atoms with van der Waals surface area (Å²) in [5.41, 5.74) is -0.237. The van der Waals surface area contributed by atoms with E-state index < -0.39 is 5.60 Å². The second-order valence-corrected chi connectivity index (χ2v) is 7.06. The maximum Gasteiger partial charge on any atom is 0.255 e. The monoisotopic (exact) mass is 341 g/mol. The molecule has 4 heterocycles. The van der Waals surface area contributed by atoms with Gasteiger partial charge in [-0.1, -0.05) is 0 Å². The van der Waals surface area contributed by atoms with E-state index in [1.165, 1.54) is 12.8 Å². The number of aromatic nitrogens is 3. The number of aliphatic hydroxyl groups is 1. The minimum Gasteiger partial charge on any atom is -0.387 e. The summed E-state index contributed by atoms with van der Waals surface area (Å²) >= 11 is 0. The summed E-state index contributed by atoms with van der Waals surface area (Å²) in [6, 6.07) is 3.59. The lowest BCUT2D eigenvalue weighted by molar-refractivity contribution is 0.0175. The van der Waals surface area contributed by atoms with Crippen LogP contribution in [0.15, 0.2) is 37.1 Å². The van der Waals surface area contributed by atoms with E-state index in [-0.39, 0.29) is 5.91 Å². The average molecular weight is 341 g/mol. The molecule has 0 aromatic carbocycles. The SMILES string of the molecule is O=C(c1ccc(-n2ccnc2)nc1)N1CC[C@@](O)(CN2CCCC2)C1. The topological polar surface area (TPSA) is 74.5 Å². The van der Waals surface area contributed by atoms with Crippen LogP contribution in [-0.4, -0.2) is 73.7 Å². The number of nitrogens with zero attached hydrogens (tertiary/aromatic N) is 5. The van der Waals surface area contributed by atoms with Gasteiger partial charge in [0.2, 0.25) is 0 Å². The highest BCUT2D eigenvalue weighted by Crippen LogP contribution is 2.25. The normalized spacial score (nSPS) is 24.1. The minimum absolute atomic E-state index is 0.0676. The molecule has 7 nitrogen and oxygen atoms in total. The lowest BCUT2D eigenvalue weighted by Crippen LogP contribution is -2.45. The Morgan fingerprint density at radius 2 is 2.08 bits per heavy atom. The van der Waals surface area contributed by atoms with Crippen LogP contribution in [0.5, 0.6) is 0 Å². The first-order valence-electron chi connectivity index (χ1n) is 8.81. The molecule has 2 saturated heterocycles. The molecule has 2 aliphatic rings. The predicted octanol–water partition coefficient (Wildman–Crippen LogP) is 0.940. The zero-order valence-electron chi connectivity index (χ0n) is 14.2. The molecular weight excluding hydrogens is 318 g/mol. The van der Waals surface area contributed by atoms with Crippen molar-refractivity contribution in [2.45, 2.75) is 24.9 Å². The van der Waals surface area contributed by atoms with Gasteiger partial charge >= 0.3 is 0 Å². The Bertz CT molecular complexity index is 724. The molecule has 7 heteroatoms. The largest absolute Gasteiger partial charge is 0.387 e. The Labute approximate surface area is 146 Å². The average Bonchev–Trinajstić information content (AvgIpc) is 3.36. The summed E-state index contributed by atoms with van der Waals surface area (Å²) < 4.78 is 1.79. The summed E-state index contributed by atoms with van der Waals surface area (Å²) in [6.45, 7) is 3.75. The van der Waals surface area contributed by atoms with Gasteiger partial charge in [0.15, 0.2) is 0 Å². The molecule has 0 aliphatic carbocycles. The lowest BCUT2D eigenvalue weighted by atomic mass is 10.0. The number of carbonyl (C=O) groups excluding carboxylic acids is 1. The smallest absolute Gasteiger partial charge is 0.255 e. The number of imidazole rings is 1. The Kier molecular flexibility index (Phi) is 4.27. The van der Waals surface area contributed by atoms with Crippen LogP contribution in [0.25, 0.3) is 5.82 Å². The van der Waals surface area contributed by atoms with Crippen molar-refractivity contribution < 1.29 is 9.90 Å². The molecule has 4 rings (SSSR count). The van der Waals surface area contributed by atoms with Crippen LogP contribution >= 0.6 is 0 Å². The summed E-state index contributed by atoms with van der Waals surface area (Å²) in [5, 5.41) is 10.8. The van der Waals surface area contributed by atoms with Crippen LogP contribution in [0.3, 0.4) is 0 Å². The Morgan fingerprint density at radius 3 is 2.76 bits per heavy atom. The first kappa shape index (κ1) is 16.2. The number of hydrogen-bond acceptors (Lipinski definition) is 5. The minimum atomic E-state index is -0.788. The van der Waals surface area contributed by atoms with Crippen molar-refractivity contribution in [3.05, 3.63) is 42.6 Å². The Hall–Kier alpha value is -2.25. The van der Waals surface area contributed by atoms with Gasteiger partial charge in [0.05, 0.1) is 17.7 Å². The van der Waals surface area contributed by atoms with Crippen molar-refractivity contribution in [2.24, 2.45) is 0 Å². The van der Waals surface area contributed by atoms with Gasteiger partial charge in [-0.2, -0.15) is 0 Å². The van der Waals surface area contributed by atoms with Crippen molar-refractivity contribution in [3.63, 3.8) is 0 Å². The van der Waals surface area contributed by atoms with Gasteiger partial charge in [0.25, 0.3) is 5.91 Å². The number of likely N-dealkylation sites (tertiary alicyclic amines) is 2. The van der Waals surface area contributed by atoms with Crippen LogP contribution in [-0.2, 0) is 0 Å². The Balaban J connectivity index is 1.41. The van der Waals surface area contributed by atoms with Crippen molar-refractivity contribution in [1.82, 2.24) is 24.3 Å². The van der Waals surface area contributed by atoms with Crippen LogP contribution in [0.1, 0.15) is 29.6 Å². The van der Waals surface area contributed by atoms with Gasteiger partial charge < -0.3 is 14.9 Å². The standard InChI is InChI=1S/C18H23N5O2/c24-17(15-3-4-16(20-11-15)23-10-6-19-14-23)22-9-5-18(25,13-22)12-21-7-1-2-8-21/h3-4,6,10-11,14,25H,1-2,5,7-9,12-13H2/t18-/m1/s1. The maximum absolute atomic E-state index is 12.7. The van der Waals surface area contributed by atoms with Crippen molar-refractivity contribution in [1.29, 1.82) is 0 Å². The molecule has 25 heavy (non-hydrogen) atoms. The molecule has 0 radical (unpaired) electrons. The van der Waals surface area contributed by atoms with Crippen molar-refractivity contribution in [2.75, 3.05) is 32.7 Å². The fourth-order valence-corrected chi connectivity index (χ4v) is 3.76. The van der Waals surface area contributed by atoms with E-state index in [0.717, 1.165) is 18.9 Å². The molecule has 2 aromatic heterocycles. The van der Waals surface area contributed by atoms with E-state index in [9.17, 15) is 9.90 Å². The molecular formula is C18H23N5O2. The van der Waals surface area contributed by atoms with Crippen LogP contribution in [0.4, 0.5) is 0 Å². The molecule has 2 aliphatic heterocycles. The number of β-amino-alcohol motifs (C(OH)–C–C–N with tert-alkyl or cyclic N) is 1. The van der Waals surface area contributed by atoms with Crippen LogP contribution < -0.4 is 0 Å². The highest BCUT2D eigenvalue weighted by atomic mass is 16.3. The van der Waals surface area contributed by atoms with E-state index in [0.29, 0.717) is 31.6 Å². The van der Waals surface area contributed by atoms with Gasteiger partial charge in [0.1, 0.15) is 12.1 Å². The number of pyridine rings is 1. The molecule has 0 unspecified atom stereocenters. The maximum atomic E-state index is 12.7. The predicted molar refractivity (Wildman–Crippen MR) is 92.5 cm³/mol. The van der Waals surface area contributed by atoms with Crippen LogP contribution in [0, 0.1) is 0 Å². The fourth-order valence-electron chi connectivity index (χ4n) is 3.76. The fraction of sp³-hybridized carbons (Fsp3) is 0.500. The van der Waals surface area contributed by atoms with Gasteiger partial charge in [-0.05, 0) is 44.5 Å². The van der Waals surface area contributed by atoms with Gasteiger partial charge in [-0.3, -0.25) is 9.36 Å². The Morgan fingerprint density at radius 1 is 1.24 bits per heavy atom. The van der Waals surface area contributed by atoms with E-state index in [1.54, 1.807) is 40.3 Å². The third-order valence-electron chi connectivity index (χ3n) is 5.10. The molecule has 1 N–H and O–H groups in total. The summed E-state index contributed by atoms with van der Waals surface area (Å²) in [4.78, 5) is 25.1. The highest BCUT2D eigenvalue weighted by molar-refractivity contribution is 5.94. The molecule has 1 amide bonds. The molecule has 132 valence electrons. The number of carbonyl (C=O) groups is 1. The van der Waals surface area contributed by atoms with Gasteiger partial charge in [-0.15, -0.1) is 0 Å². The highest BCUT2D eigenvalue weighted by Gasteiger charge is 2.40. The summed E-state index contributed by atoms with van der Waals surface area (Å²) in [6.07, 6.45) is 9.80. The molecule has 0 bridgehead atoms. The van der Waals surface area contributed by atoms with Crippen molar-refractivity contribution >= 4 is 5.91 Å². The number of amides is 1. The zero-order chi connectivity index (χ0) is 17.3. The lowest BCUT2D eigenvalue weighted by Gasteiger charge is -2.28. The second-order valence-electron chi connectivity index (χ2n) is 7.06. The summed E-state index contributed by atoms with van der Waals surface area (Å²) in [7, 11) is 0. The number of hydrogen-bond donors (Lipinski definition) is 1. The van der Waals surface area contributed by atoms with Crippen molar-refractivity contribution in [3.8, 4) is 5.82 Å². The quantitative estimate of drug-likeness (QED) is 0.896. The molecule has 0 saturated carbocycles. The van der Waals surface area contributed by atoms with E-state index in [4.69, 9.17) is 0 Å². The first-order chi connectivity index (χ1) is 12.1. The van der Waals surface area contributed by atoms with Gasteiger partial charge in [0, 0.05) is 31.7 Å². The van der Waals surface area contributed by atoms with E-state index in [1.807, 2.05) is 6.20 Å². The molecule has 1 atom stereocenters. The van der Waals surface area contributed by atoms with E-state index in [2.05, 4.69) is 14.9 Å². The van der Waals surface area contributed by atoms with Crippen LogP contribution in [0.2, 0.25) is 0 Å². The van der Waals surface area contributed by atoms with E-state index >= 15 is 0 Å². The molecule has 0 spiro atoms. The third kappa shape index (κ3) is 3.43. The first-order valence-corrected chi connectivity index (χ1v) is 8.81. The van der Waals surface area contributed by atoms with Gasteiger partial charge in [-0.25, -0.2) is 9.97 Å². The third-order valence-corrected chi connectivity index (χ3v) is 5.10.